The van der Waals surface area contributed by atoms with Gasteiger partial charge >= 0.3 is 6.09 Å². The molecule has 0 radical (unpaired) electrons. The van der Waals surface area contributed by atoms with Crippen molar-refractivity contribution >= 4 is 12.0 Å². The van der Waals surface area contributed by atoms with Crippen molar-refractivity contribution in [2.45, 2.75) is 70.4 Å². The van der Waals surface area contributed by atoms with Gasteiger partial charge in [0.15, 0.2) is 6.61 Å². The molecular weight excluding hydrogens is 344 g/mol. The first kappa shape index (κ1) is 21.1. The minimum atomic E-state index is -0.553. The molecule has 6 nitrogen and oxygen atoms in total. The topological polar surface area (TPSA) is 76.7 Å². The van der Waals surface area contributed by atoms with Gasteiger partial charge in [0, 0.05) is 6.54 Å². The Morgan fingerprint density at radius 2 is 1.67 bits per heavy atom. The zero-order valence-electron chi connectivity index (χ0n) is 16.7. The Morgan fingerprint density at radius 3 is 2.26 bits per heavy atom. The Morgan fingerprint density at radius 1 is 1.04 bits per heavy atom. The first-order chi connectivity index (χ1) is 12.8. The fourth-order valence-electron chi connectivity index (χ4n) is 3.26. The van der Waals surface area contributed by atoms with Crippen LogP contribution < -0.4 is 15.4 Å². The minimum Gasteiger partial charge on any atom is -0.484 e. The van der Waals surface area contributed by atoms with E-state index in [0.717, 1.165) is 38.5 Å². The molecule has 0 aliphatic heterocycles. The number of hydrogen-bond acceptors (Lipinski definition) is 4. The smallest absolute Gasteiger partial charge is 0.408 e. The maximum atomic E-state index is 12.3. The van der Waals surface area contributed by atoms with Crippen LogP contribution in [-0.2, 0) is 9.53 Å². The molecule has 1 fully saturated rings. The van der Waals surface area contributed by atoms with Crippen LogP contribution in [0.1, 0.15) is 59.3 Å². The summed E-state index contributed by atoms with van der Waals surface area (Å²) in [5.74, 6) is 0.456. The van der Waals surface area contributed by atoms with Crippen molar-refractivity contribution in [3.8, 4) is 5.75 Å². The number of para-hydroxylation sites is 1. The van der Waals surface area contributed by atoms with Crippen molar-refractivity contribution < 1.29 is 19.1 Å². The van der Waals surface area contributed by atoms with Crippen LogP contribution in [0.15, 0.2) is 30.3 Å². The number of alkyl carbamates (subject to hydrolysis) is 1. The fraction of sp³-hybridized carbons (Fsp3) is 0.619. The van der Waals surface area contributed by atoms with Gasteiger partial charge in [-0.25, -0.2) is 4.79 Å². The molecule has 0 atom stereocenters. The number of benzene rings is 1. The van der Waals surface area contributed by atoms with E-state index in [1.165, 1.54) is 0 Å². The van der Waals surface area contributed by atoms with Crippen LogP contribution in [0.25, 0.3) is 0 Å². The third-order valence-electron chi connectivity index (χ3n) is 4.56. The molecule has 1 aromatic carbocycles. The molecule has 1 aliphatic carbocycles. The van der Waals surface area contributed by atoms with E-state index in [4.69, 9.17) is 9.47 Å². The lowest BCUT2D eigenvalue weighted by Crippen LogP contribution is -2.56. The van der Waals surface area contributed by atoms with Crippen molar-refractivity contribution in [2.24, 2.45) is 0 Å². The molecule has 2 rings (SSSR count). The van der Waals surface area contributed by atoms with E-state index in [0.29, 0.717) is 12.3 Å². The number of carbonyl (C=O) groups excluding carboxylic acids is 2. The van der Waals surface area contributed by atoms with E-state index in [1.807, 2.05) is 51.1 Å². The molecule has 150 valence electrons. The maximum Gasteiger partial charge on any atom is 0.408 e. The zero-order chi connectivity index (χ0) is 19.8. The summed E-state index contributed by atoms with van der Waals surface area (Å²) in [5, 5.41) is 5.97. The summed E-state index contributed by atoms with van der Waals surface area (Å²) >= 11 is 0. The van der Waals surface area contributed by atoms with E-state index >= 15 is 0 Å². The molecule has 2 amide bonds. The number of hydrogen-bond donors (Lipinski definition) is 2. The monoisotopic (exact) mass is 376 g/mol. The summed E-state index contributed by atoms with van der Waals surface area (Å²) < 4.78 is 10.9. The van der Waals surface area contributed by atoms with Crippen LogP contribution in [0.5, 0.6) is 5.75 Å². The number of nitrogens with one attached hydrogen (secondary N) is 2. The second-order valence-corrected chi connectivity index (χ2v) is 8.20. The predicted molar refractivity (Wildman–Crippen MR) is 105 cm³/mol. The highest BCUT2D eigenvalue weighted by molar-refractivity contribution is 5.77. The minimum absolute atomic E-state index is 0.0491. The lowest BCUT2D eigenvalue weighted by atomic mass is 9.90. The van der Waals surface area contributed by atoms with Crippen LogP contribution in [0.4, 0.5) is 4.79 Å². The normalized spacial score (nSPS) is 16.7. The second kappa shape index (κ2) is 9.62. The molecular formula is C21H32N2O4. The molecule has 0 bridgehead atoms. The average Bonchev–Trinajstić information content (AvgIpc) is 2.83. The molecule has 2 N–H and O–H groups in total. The highest BCUT2D eigenvalue weighted by Gasteiger charge is 2.34. The molecule has 1 aliphatic rings. The summed E-state index contributed by atoms with van der Waals surface area (Å²) in [7, 11) is 0. The Balaban J connectivity index is 1.91. The summed E-state index contributed by atoms with van der Waals surface area (Å²) in [6, 6.07) is 9.23. The lowest BCUT2D eigenvalue weighted by molar-refractivity contribution is -0.123. The van der Waals surface area contributed by atoms with Gasteiger partial charge in [-0.15, -0.1) is 0 Å². The summed E-state index contributed by atoms with van der Waals surface area (Å²) in [6.45, 7) is 5.86. The number of ether oxygens (including phenoxy) is 2. The van der Waals surface area contributed by atoms with Crippen molar-refractivity contribution in [1.82, 2.24) is 10.6 Å². The largest absolute Gasteiger partial charge is 0.484 e. The van der Waals surface area contributed by atoms with E-state index in [9.17, 15) is 9.59 Å². The third kappa shape index (κ3) is 7.89. The van der Waals surface area contributed by atoms with Crippen LogP contribution in [0.2, 0.25) is 0 Å². The quantitative estimate of drug-likeness (QED) is 0.741. The standard InChI is InChI=1S/C21H32N2O4/c1-20(2,3)27-19(25)23-21(13-9-4-5-10-14-21)16-22-18(24)15-26-17-11-7-6-8-12-17/h6-8,11-12H,4-5,9-10,13-16H2,1-3H3,(H,22,24)(H,23,25). The van der Waals surface area contributed by atoms with Gasteiger partial charge < -0.3 is 20.1 Å². The summed E-state index contributed by atoms with van der Waals surface area (Å²) in [4.78, 5) is 24.6. The molecule has 0 heterocycles. The maximum absolute atomic E-state index is 12.3. The van der Waals surface area contributed by atoms with Gasteiger partial charge in [-0.3, -0.25) is 4.79 Å². The molecule has 1 saturated carbocycles. The third-order valence-corrected chi connectivity index (χ3v) is 4.56. The van der Waals surface area contributed by atoms with Gasteiger partial charge in [-0.05, 0) is 45.7 Å². The summed E-state index contributed by atoms with van der Waals surface area (Å²) in [6.07, 6.45) is 5.54. The number of carbonyl (C=O) groups is 2. The first-order valence-electron chi connectivity index (χ1n) is 9.74. The second-order valence-electron chi connectivity index (χ2n) is 8.20. The van der Waals surface area contributed by atoms with Gasteiger partial charge in [0.05, 0.1) is 5.54 Å². The highest BCUT2D eigenvalue weighted by Crippen LogP contribution is 2.27. The molecule has 27 heavy (non-hydrogen) atoms. The van der Waals surface area contributed by atoms with E-state index in [-0.39, 0.29) is 12.5 Å². The van der Waals surface area contributed by atoms with Crippen molar-refractivity contribution in [2.75, 3.05) is 13.2 Å². The van der Waals surface area contributed by atoms with Crippen LogP contribution in [0.3, 0.4) is 0 Å². The first-order valence-corrected chi connectivity index (χ1v) is 9.74. The SMILES string of the molecule is CC(C)(C)OC(=O)NC1(CNC(=O)COc2ccccc2)CCCCCC1. The summed E-state index contributed by atoms with van der Waals surface area (Å²) in [5.41, 5.74) is -1.02. The van der Waals surface area contributed by atoms with E-state index in [2.05, 4.69) is 10.6 Å². The van der Waals surface area contributed by atoms with Gasteiger partial charge in [0.1, 0.15) is 11.4 Å². The Kier molecular flexibility index (Phi) is 7.51. The molecule has 1 aromatic rings. The van der Waals surface area contributed by atoms with Gasteiger partial charge in [-0.1, -0.05) is 43.9 Å². The van der Waals surface area contributed by atoms with Crippen LogP contribution >= 0.6 is 0 Å². The molecule has 0 unspecified atom stereocenters. The Hall–Kier alpha value is -2.24. The van der Waals surface area contributed by atoms with Gasteiger partial charge in [0.25, 0.3) is 5.91 Å². The Labute approximate surface area is 162 Å². The fourth-order valence-corrected chi connectivity index (χ4v) is 3.26. The van der Waals surface area contributed by atoms with Gasteiger partial charge in [-0.2, -0.15) is 0 Å². The number of amides is 2. The van der Waals surface area contributed by atoms with E-state index < -0.39 is 17.2 Å². The zero-order valence-corrected chi connectivity index (χ0v) is 16.7. The predicted octanol–water partition coefficient (Wildman–Crippen LogP) is 3.80. The lowest BCUT2D eigenvalue weighted by Gasteiger charge is -2.35. The molecule has 0 saturated heterocycles. The Bertz CT molecular complexity index is 602. The average molecular weight is 376 g/mol. The van der Waals surface area contributed by atoms with Crippen LogP contribution in [-0.4, -0.2) is 36.3 Å². The van der Waals surface area contributed by atoms with Crippen molar-refractivity contribution in [3.05, 3.63) is 30.3 Å². The van der Waals surface area contributed by atoms with Gasteiger partial charge in [0.2, 0.25) is 0 Å². The van der Waals surface area contributed by atoms with Crippen LogP contribution in [0, 0.1) is 0 Å². The highest BCUT2D eigenvalue weighted by atomic mass is 16.6. The molecule has 0 spiro atoms. The molecule has 6 heteroatoms. The number of rotatable bonds is 6. The van der Waals surface area contributed by atoms with Crippen molar-refractivity contribution in [3.63, 3.8) is 0 Å². The van der Waals surface area contributed by atoms with Crippen molar-refractivity contribution in [1.29, 1.82) is 0 Å². The van der Waals surface area contributed by atoms with E-state index in [1.54, 1.807) is 0 Å². The molecule has 0 aromatic heterocycles.